The van der Waals surface area contributed by atoms with Gasteiger partial charge >= 0.3 is 0 Å². The summed E-state index contributed by atoms with van der Waals surface area (Å²) >= 11 is 0. The van der Waals surface area contributed by atoms with E-state index in [0.717, 1.165) is 49.3 Å². The second kappa shape index (κ2) is 6.03. The molecule has 0 unspecified atom stereocenters. The zero-order chi connectivity index (χ0) is 13.0. The molecule has 0 atom stereocenters. The van der Waals surface area contributed by atoms with E-state index in [1.807, 2.05) is 7.05 Å². The lowest BCUT2D eigenvalue weighted by Gasteiger charge is -2.31. The van der Waals surface area contributed by atoms with E-state index in [4.69, 9.17) is 4.98 Å². The van der Waals surface area contributed by atoms with Crippen LogP contribution in [-0.2, 0) is 6.42 Å². The van der Waals surface area contributed by atoms with Gasteiger partial charge in [-0.15, -0.1) is 0 Å². The molecular weight excluding hydrogens is 224 g/mol. The molecule has 0 saturated carbocycles. The first-order valence-electron chi connectivity index (χ1n) is 7.03. The van der Waals surface area contributed by atoms with Crippen molar-refractivity contribution in [2.75, 3.05) is 30.4 Å². The van der Waals surface area contributed by atoms with Crippen molar-refractivity contribution in [2.24, 2.45) is 5.92 Å². The summed E-state index contributed by atoms with van der Waals surface area (Å²) in [4.78, 5) is 11.6. The number of anilines is 2. The van der Waals surface area contributed by atoms with Gasteiger partial charge in [0.15, 0.2) is 0 Å². The fraction of sp³-hybridized carbons (Fsp3) is 0.714. The Morgan fingerprint density at radius 3 is 2.67 bits per heavy atom. The first kappa shape index (κ1) is 13.1. The number of piperidine rings is 1. The molecule has 1 aromatic heterocycles. The highest BCUT2D eigenvalue weighted by atomic mass is 15.2. The van der Waals surface area contributed by atoms with Crippen LogP contribution >= 0.6 is 0 Å². The van der Waals surface area contributed by atoms with Gasteiger partial charge in [-0.2, -0.15) is 0 Å². The van der Waals surface area contributed by atoms with E-state index in [1.165, 1.54) is 12.8 Å². The maximum Gasteiger partial charge on any atom is 0.134 e. The lowest BCUT2D eigenvalue weighted by atomic mass is 9.99. The van der Waals surface area contributed by atoms with Crippen molar-refractivity contribution in [3.05, 3.63) is 11.9 Å². The van der Waals surface area contributed by atoms with Crippen molar-refractivity contribution < 1.29 is 0 Å². The number of rotatable bonds is 4. The van der Waals surface area contributed by atoms with Gasteiger partial charge in [0, 0.05) is 32.6 Å². The van der Waals surface area contributed by atoms with Gasteiger partial charge in [0.1, 0.15) is 17.5 Å². The lowest BCUT2D eigenvalue weighted by molar-refractivity contribution is 0.436. The zero-order valence-electron chi connectivity index (χ0n) is 11.7. The monoisotopic (exact) mass is 248 g/mol. The molecule has 1 saturated heterocycles. The van der Waals surface area contributed by atoms with E-state index >= 15 is 0 Å². The molecule has 0 radical (unpaired) electrons. The van der Waals surface area contributed by atoms with Crippen LogP contribution in [0.1, 0.15) is 38.9 Å². The first-order valence-corrected chi connectivity index (χ1v) is 7.03. The average Bonchev–Trinajstić information content (AvgIpc) is 2.39. The van der Waals surface area contributed by atoms with Crippen molar-refractivity contribution >= 4 is 11.6 Å². The fourth-order valence-corrected chi connectivity index (χ4v) is 2.35. The van der Waals surface area contributed by atoms with Gasteiger partial charge < -0.3 is 10.2 Å². The van der Waals surface area contributed by atoms with Crippen LogP contribution in [0.15, 0.2) is 6.07 Å². The predicted octanol–water partition coefficient (Wildman–Crippen LogP) is 2.71. The second-order valence-electron chi connectivity index (χ2n) is 5.20. The quantitative estimate of drug-likeness (QED) is 0.889. The molecule has 0 spiro atoms. The van der Waals surface area contributed by atoms with Gasteiger partial charge in [0.25, 0.3) is 0 Å². The molecule has 4 heteroatoms. The van der Waals surface area contributed by atoms with Gasteiger partial charge in [-0.25, -0.2) is 9.97 Å². The Hall–Kier alpha value is -1.32. The molecule has 2 rings (SSSR count). The highest BCUT2D eigenvalue weighted by Crippen LogP contribution is 2.23. The minimum Gasteiger partial charge on any atom is -0.373 e. The van der Waals surface area contributed by atoms with Crippen LogP contribution in [0.3, 0.4) is 0 Å². The summed E-state index contributed by atoms with van der Waals surface area (Å²) in [5.41, 5.74) is 0. The molecule has 1 aromatic rings. The molecule has 100 valence electrons. The topological polar surface area (TPSA) is 41.1 Å². The molecule has 1 fully saturated rings. The number of aryl methyl sites for hydroxylation is 1. The van der Waals surface area contributed by atoms with Crippen LogP contribution in [0.4, 0.5) is 11.6 Å². The smallest absolute Gasteiger partial charge is 0.134 e. The third kappa shape index (κ3) is 3.12. The van der Waals surface area contributed by atoms with E-state index in [0.29, 0.717) is 0 Å². The summed E-state index contributed by atoms with van der Waals surface area (Å²) in [5, 5.41) is 3.14. The summed E-state index contributed by atoms with van der Waals surface area (Å²) in [5.74, 6) is 3.83. The molecule has 0 aromatic carbocycles. The molecular formula is C14H24N4. The lowest BCUT2D eigenvalue weighted by Crippen LogP contribution is -2.33. The maximum absolute atomic E-state index is 4.69. The number of nitrogens with zero attached hydrogens (tertiary/aromatic N) is 3. The highest BCUT2D eigenvalue weighted by Gasteiger charge is 2.18. The maximum atomic E-state index is 4.69. The summed E-state index contributed by atoms with van der Waals surface area (Å²) in [7, 11) is 1.92. The fourth-order valence-electron chi connectivity index (χ4n) is 2.35. The Morgan fingerprint density at radius 1 is 1.33 bits per heavy atom. The predicted molar refractivity (Wildman–Crippen MR) is 76.2 cm³/mol. The Bertz CT molecular complexity index is 383. The van der Waals surface area contributed by atoms with Crippen LogP contribution < -0.4 is 10.2 Å². The van der Waals surface area contributed by atoms with Gasteiger partial charge in [0.05, 0.1) is 0 Å². The Morgan fingerprint density at radius 2 is 2.06 bits per heavy atom. The molecule has 0 amide bonds. The first-order chi connectivity index (χ1) is 8.72. The van der Waals surface area contributed by atoms with Crippen molar-refractivity contribution in [1.29, 1.82) is 0 Å². The Labute approximate surface area is 110 Å². The minimum absolute atomic E-state index is 0.849. The number of aromatic nitrogens is 2. The molecule has 1 aliphatic heterocycles. The van der Waals surface area contributed by atoms with Crippen molar-refractivity contribution in [3.63, 3.8) is 0 Å². The molecule has 0 aliphatic carbocycles. The van der Waals surface area contributed by atoms with E-state index < -0.39 is 0 Å². The van der Waals surface area contributed by atoms with E-state index in [9.17, 15) is 0 Å². The highest BCUT2D eigenvalue weighted by molar-refractivity contribution is 5.49. The second-order valence-corrected chi connectivity index (χ2v) is 5.20. The number of hydrogen-bond acceptors (Lipinski definition) is 4. The molecule has 18 heavy (non-hydrogen) atoms. The van der Waals surface area contributed by atoms with Crippen molar-refractivity contribution in [1.82, 2.24) is 9.97 Å². The molecule has 1 N–H and O–H groups in total. The van der Waals surface area contributed by atoms with Crippen molar-refractivity contribution in [3.8, 4) is 0 Å². The van der Waals surface area contributed by atoms with E-state index in [1.54, 1.807) is 0 Å². The number of nitrogens with one attached hydrogen (secondary N) is 1. The third-order valence-corrected chi connectivity index (χ3v) is 3.60. The largest absolute Gasteiger partial charge is 0.373 e. The SMILES string of the molecule is CCCc1nc(NC)cc(N2CCC(C)CC2)n1. The average molecular weight is 248 g/mol. The summed E-state index contributed by atoms with van der Waals surface area (Å²) in [6.07, 6.45) is 4.57. The van der Waals surface area contributed by atoms with Gasteiger partial charge in [-0.3, -0.25) is 0 Å². The van der Waals surface area contributed by atoms with Crippen LogP contribution in [0.2, 0.25) is 0 Å². The molecule has 1 aliphatic rings. The Balaban J connectivity index is 2.17. The summed E-state index contributed by atoms with van der Waals surface area (Å²) < 4.78 is 0. The zero-order valence-corrected chi connectivity index (χ0v) is 11.7. The summed E-state index contributed by atoms with van der Waals surface area (Å²) in [6, 6.07) is 2.06. The molecule has 4 nitrogen and oxygen atoms in total. The van der Waals surface area contributed by atoms with Gasteiger partial charge in [-0.05, 0) is 25.2 Å². The number of hydrogen-bond donors (Lipinski definition) is 1. The van der Waals surface area contributed by atoms with E-state index in [-0.39, 0.29) is 0 Å². The van der Waals surface area contributed by atoms with Crippen LogP contribution in [0.25, 0.3) is 0 Å². The third-order valence-electron chi connectivity index (χ3n) is 3.60. The van der Waals surface area contributed by atoms with Crippen LogP contribution in [0.5, 0.6) is 0 Å². The summed E-state index contributed by atoms with van der Waals surface area (Å²) in [6.45, 7) is 6.73. The van der Waals surface area contributed by atoms with Crippen LogP contribution in [-0.4, -0.2) is 30.1 Å². The Kier molecular flexibility index (Phi) is 4.39. The minimum atomic E-state index is 0.849. The van der Waals surface area contributed by atoms with Gasteiger partial charge in [0.2, 0.25) is 0 Å². The molecule has 2 heterocycles. The van der Waals surface area contributed by atoms with Crippen LogP contribution in [0, 0.1) is 5.92 Å². The molecule has 0 bridgehead atoms. The van der Waals surface area contributed by atoms with Gasteiger partial charge in [-0.1, -0.05) is 13.8 Å². The standard InChI is InChI=1S/C14H24N4/c1-4-5-12-16-13(15-3)10-14(17-12)18-8-6-11(2)7-9-18/h10-11H,4-9H2,1-3H3,(H,15,16,17). The normalized spacial score (nSPS) is 16.9. The van der Waals surface area contributed by atoms with E-state index in [2.05, 4.69) is 35.1 Å². The van der Waals surface area contributed by atoms with Crippen molar-refractivity contribution in [2.45, 2.75) is 39.5 Å².